The van der Waals surface area contributed by atoms with Crippen molar-refractivity contribution in [2.75, 3.05) is 13.1 Å². The van der Waals surface area contributed by atoms with Crippen molar-refractivity contribution in [1.82, 2.24) is 10.2 Å². The van der Waals surface area contributed by atoms with E-state index in [1.54, 1.807) is 0 Å². The van der Waals surface area contributed by atoms with Crippen molar-refractivity contribution in [3.63, 3.8) is 0 Å². The Morgan fingerprint density at radius 1 is 1.07 bits per heavy atom. The molecule has 3 rings (SSSR count). The molecule has 2 atom stereocenters. The minimum atomic E-state index is 0.382. The smallest absolute Gasteiger partial charge is 0.225 e. The van der Waals surface area contributed by atoms with Gasteiger partial charge < -0.3 is 10.2 Å². The van der Waals surface area contributed by atoms with Crippen LogP contribution in [-0.2, 0) is 4.79 Å². The molecule has 0 aromatic rings. The highest BCUT2D eigenvalue weighted by molar-refractivity contribution is 5.79. The first-order chi connectivity index (χ1) is 6.83. The summed E-state index contributed by atoms with van der Waals surface area (Å²) in [5.74, 6) is 0.821. The van der Waals surface area contributed by atoms with Crippen LogP contribution in [0.4, 0.5) is 0 Å². The minimum Gasteiger partial charge on any atom is -0.339 e. The van der Waals surface area contributed by atoms with E-state index in [-0.39, 0.29) is 0 Å². The van der Waals surface area contributed by atoms with Gasteiger partial charge in [0.15, 0.2) is 0 Å². The number of carbonyl (C=O) groups excluding carboxylic acids is 1. The third-order valence-corrected chi connectivity index (χ3v) is 3.98. The van der Waals surface area contributed by atoms with Crippen molar-refractivity contribution in [2.45, 2.75) is 44.2 Å². The molecule has 2 aliphatic heterocycles. The molecular weight excluding hydrogens is 176 g/mol. The fraction of sp³-hybridized carbons (Fsp3) is 0.909. The van der Waals surface area contributed by atoms with Gasteiger partial charge in [-0.2, -0.15) is 0 Å². The van der Waals surface area contributed by atoms with Crippen molar-refractivity contribution >= 4 is 5.91 Å². The zero-order valence-corrected chi connectivity index (χ0v) is 8.54. The molecule has 3 heteroatoms. The molecular formula is C11H18N2O. The van der Waals surface area contributed by atoms with Crippen LogP contribution >= 0.6 is 0 Å². The van der Waals surface area contributed by atoms with E-state index in [0.717, 1.165) is 25.9 Å². The molecule has 1 saturated carbocycles. The third-order valence-electron chi connectivity index (χ3n) is 3.98. The van der Waals surface area contributed by atoms with E-state index in [4.69, 9.17) is 0 Å². The van der Waals surface area contributed by atoms with Gasteiger partial charge in [-0.1, -0.05) is 6.42 Å². The number of hydrogen-bond donors (Lipinski definition) is 1. The Hall–Kier alpha value is -0.570. The number of fused-ring (bicyclic) bond motifs is 2. The first-order valence-electron chi connectivity index (χ1n) is 5.88. The SMILES string of the molecule is O=C(C1CCC1)N1CC2CCC(C1)N2. The molecule has 1 aliphatic carbocycles. The molecule has 2 bridgehead atoms. The molecule has 3 aliphatic rings. The second-order valence-electron chi connectivity index (χ2n) is 5.01. The Labute approximate surface area is 84.8 Å². The fourth-order valence-electron chi connectivity index (χ4n) is 2.89. The van der Waals surface area contributed by atoms with Gasteiger partial charge >= 0.3 is 0 Å². The van der Waals surface area contributed by atoms with Gasteiger partial charge in [0.05, 0.1) is 0 Å². The minimum absolute atomic E-state index is 0.382. The third kappa shape index (κ3) is 1.34. The standard InChI is InChI=1S/C11H18N2O/c14-11(8-2-1-3-8)13-6-9-4-5-10(7-13)12-9/h8-10,12H,1-7H2. The molecule has 1 N–H and O–H groups in total. The maximum absolute atomic E-state index is 12.0. The van der Waals surface area contributed by atoms with Crippen LogP contribution in [0.15, 0.2) is 0 Å². The van der Waals surface area contributed by atoms with E-state index in [2.05, 4.69) is 10.2 Å². The summed E-state index contributed by atoms with van der Waals surface area (Å²) in [6.07, 6.45) is 6.06. The summed E-state index contributed by atoms with van der Waals surface area (Å²) in [6.45, 7) is 1.93. The summed E-state index contributed by atoms with van der Waals surface area (Å²) in [5.41, 5.74) is 0. The van der Waals surface area contributed by atoms with Crippen molar-refractivity contribution in [2.24, 2.45) is 5.92 Å². The normalized spacial score (nSPS) is 37.0. The molecule has 2 unspecified atom stereocenters. The highest BCUT2D eigenvalue weighted by Crippen LogP contribution is 2.30. The van der Waals surface area contributed by atoms with Gasteiger partial charge in [-0.3, -0.25) is 4.79 Å². The molecule has 1 amide bonds. The van der Waals surface area contributed by atoms with Gasteiger partial charge in [0, 0.05) is 31.1 Å². The van der Waals surface area contributed by atoms with Crippen LogP contribution in [-0.4, -0.2) is 36.0 Å². The van der Waals surface area contributed by atoms with E-state index in [9.17, 15) is 4.79 Å². The average molecular weight is 194 g/mol. The number of hydrogen-bond acceptors (Lipinski definition) is 2. The van der Waals surface area contributed by atoms with Crippen molar-refractivity contribution in [3.8, 4) is 0 Å². The summed E-state index contributed by atoms with van der Waals surface area (Å²) in [6, 6.07) is 1.19. The van der Waals surface area contributed by atoms with Gasteiger partial charge in [0.1, 0.15) is 0 Å². The van der Waals surface area contributed by atoms with Crippen molar-refractivity contribution < 1.29 is 4.79 Å². The largest absolute Gasteiger partial charge is 0.339 e. The quantitative estimate of drug-likeness (QED) is 0.668. The highest BCUT2D eigenvalue weighted by Gasteiger charge is 2.37. The van der Waals surface area contributed by atoms with Gasteiger partial charge in [0.2, 0.25) is 5.91 Å². The molecule has 2 heterocycles. The van der Waals surface area contributed by atoms with Crippen LogP contribution in [0.2, 0.25) is 0 Å². The Balaban J connectivity index is 1.64. The first-order valence-corrected chi connectivity index (χ1v) is 5.88. The number of nitrogens with zero attached hydrogens (tertiary/aromatic N) is 1. The Morgan fingerprint density at radius 2 is 1.71 bits per heavy atom. The number of carbonyl (C=O) groups is 1. The van der Waals surface area contributed by atoms with Crippen molar-refractivity contribution in [1.29, 1.82) is 0 Å². The molecule has 3 nitrogen and oxygen atoms in total. The lowest BCUT2D eigenvalue weighted by Crippen LogP contribution is -2.54. The van der Waals surface area contributed by atoms with Crippen LogP contribution in [0.3, 0.4) is 0 Å². The van der Waals surface area contributed by atoms with Crippen LogP contribution in [0.1, 0.15) is 32.1 Å². The molecule has 2 saturated heterocycles. The van der Waals surface area contributed by atoms with E-state index in [1.165, 1.54) is 19.3 Å². The predicted octanol–water partition coefficient (Wildman–Crippen LogP) is 0.749. The van der Waals surface area contributed by atoms with E-state index in [0.29, 0.717) is 23.9 Å². The Kier molecular flexibility index (Phi) is 2.01. The second kappa shape index (κ2) is 3.23. The lowest BCUT2D eigenvalue weighted by molar-refractivity contribution is -0.139. The maximum Gasteiger partial charge on any atom is 0.225 e. The second-order valence-corrected chi connectivity index (χ2v) is 5.01. The van der Waals surface area contributed by atoms with Crippen LogP contribution in [0.25, 0.3) is 0 Å². The number of piperazine rings is 1. The van der Waals surface area contributed by atoms with Gasteiger partial charge in [-0.05, 0) is 25.7 Å². The summed E-state index contributed by atoms with van der Waals surface area (Å²) < 4.78 is 0. The summed E-state index contributed by atoms with van der Waals surface area (Å²) >= 11 is 0. The van der Waals surface area contributed by atoms with Crippen LogP contribution in [0, 0.1) is 5.92 Å². The molecule has 0 aromatic heterocycles. The molecule has 14 heavy (non-hydrogen) atoms. The maximum atomic E-state index is 12.0. The van der Waals surface area contributed by atoms with Gasteiger partial charge in [0.25, 0.3) is 0 Å². The molecule has 3 fully saturated rings. The summed E-state index contributed by atoms with van der Waals surface area (Å²) in [5, 5.41) is 3.56. The zero-order chi connectivity index (χ0) is 9.54. The van der Waals surface area contributed by atoms with Gasteiger partial charge in [-0.15, -0.1) is 0 Å². The Morgan fingerprint density at radius 3 is 2.21 bits per heavy atom. The van der Waals surface area contributed by atoms with E-state index >= 15 is 0 Å². The molecule has 0 radical (unpaired) electrons. The van der Waals surface area contributed by atoms with Crippen LogP contribution in [0.5, 0.6) is 0 Å². The van der Waals surface area contributed by atoms with E-state index < -0.39 is 0 Å². The Bertz CT molecular complexity index is 238. The van der Waals surface area contributed by atoms with Gasteiger partial charge in [-0.25, -0.2) is 0 Å². The number of likely N-dealkylation sites (tertiary alicyclic amines) is 1. The zero-order valence-electron chi connectivity index (χ0n) is 8.54. The first kappa shape index (κ1) is 8.72. The van der Waals surface area contributed by atoms with E-state index in [1.807, 2.05) is 0 Å². The summed E-state index contributed by atoms with van der Waals surface area (Å²) in [4.78, 5) is 14.1. The lowest BCUT2D eigenvalue weighted by Gasteiger charge is -2.37. The predicted molar refractivity (Wildman–Crippen MR) is 53.9 cm³/mol. The number of amides is 1. The molecule has 78 valence electrons. The fourth-order valence-corrected chi connectivity index (χ4v) is 2.89. The van der Waals surface area contributed by atoms with Crippen LogP contribution < -0.4 is 5.32 Å². The number of nitrogens with one attached hydrogen (secondary N) is 1. The highest BCUT2D eigenvalue weighted by atomic mass is 16.2. The molecule has 0 aromatic carbocycles. The summed E-state index contributed by atoms with van der Waals surface area (Å²) in [7, 11) is 0. The monoisotopic (exact) mass is 194 g/mol. The average Bonchev–Trinajstić information content (AvgIpc) is 2.42. The van der Waals surface area contributed by atoms with Crippen molar-refractivity contribution in [3.05, 3.63) is 0 Å². The topological polar surface area (TPSA) is 32.3 Å². The molecule has 0 spiro atoms. The lowest BCUT2D eigenvalue weighted by atomic mass is 9.84. The number of rotatable bonds is 1.